The van der Waals surface area contributed by atoms with Crippen LogP contribution in [0.2, 0.25) is 0 Å². The number of nitrogens with one attached hydrogen (secondary N) is 1. The molecule has 2 heterocycles. The number of nitrogens with zero attached hydrogens (tertiary/aromatic N) is 4. The van der Waals surface area contributed by atoms with Gasteiger partial charge in [-0.05, 0) is 38.1 Å². The predicted molar refractivity (Wildman–Crippen MR) is 119 cm³/mol. The number of aromatic nitrogens is 4. The highest BCUT2D eigenvalue weighted by molar-refractivity contribution is 7.99. The lowest BCUT2D eigenvalue weighted by Gasteiger charge is -2.06. The Kier molecular flexibility index (Phi) is 6.03. The molecule has 4 rings (SSSR count). The summed E-state index contributed by atoms with van der Waals surface area (Å²) in [5.41, 5.74) is 3.95. The van der Waals surface area contributed by atoms with Crippen LogP contribution in [0.4, 0.5) is 5.69 Å². The molecule has 0 unspecified atom stereocenters. The second kappa shape index (κ2) is 9.05. The average molecular weight is 436 g/mol. The maximum absolute atomic E-state index is 12.5. The third kappa shape index (κ3) is 4.46. The van der Waals surface area contributed by atoms with Gasteiger partial charge in [0.15, 0.2) is 0 Å². The molecule has 1 N–H and O–H groups in total. The summed E-state index contributed by atoms with van der Waals surface area (Å²) in [5, 5.41) is 15.9. The Bertz CT molecular complexity index is 1200. The second-order valence-corrected chi connectivity index (χ2v) is 7.63. The number of carbonyl (C=O) groups excluding carboxylic acids is 1. The van der Waals surface area contributed by atoms with Crippen LogP contribution in [0.3, 0.4) is 0 Å². The van der Waals surface area contributed by atoms with Crippen LogP contribution in [-0.4, -0.2) is 38.7 Å². The number of hydrogen-bond acceptors (Lipinski definition) is 7. The van der Waals surface area contributed by atoms with Gasteiger partial charge in [-0.25, -0.2) is 4.68 Å². The number of benzene rings is 2. The average Bonchev–Trinajstić information content (AvgIpc) is 3.38. The van der Waals surface area contributed by atoms with E-state index in [-0.39, 0.29) is 11.7 Å². The number of para-hydroxylation sites is 2. The molecule has 1 amide bonds. The van der Waals surface area contributed by atoms with E-state index in [1.807, 2.05) is 73.1 Å². The summed E-state index contributed by atoms with van der Waals surface area (Å²) >= 11 is 1.17. The fourth-order valence-corrected chi connectivity index (χ4v) is 3.71. The van der Waals surface area contributed by atoms with Crippen molar-refractivity contribution in [3.8, 4) is 22.9 Å². The first-order valence-electron chi connectivity index (χ1n) is 9.58. The maximum atomic E-state index is 12.5. The number of rotatable bonds is 7. The van der Waals surface area contributed by atoms with Crippen molar-refractivity contribution in [1.29, 1.82) is 0 Å². The van der Waals surface area contributed by atoms with E-state index in [1.54, 1.807) is 7.11 Å². The van der Waals surface area contributed by atoms with Crippen LogP contribution in [-0.2, 0) is 4.79 Å². The summed E-state index contributed by atoms with van der Waals surface area (Å²) < 4.78 is 12.8. The minimum Gasteiger partial charge on any atom is -0.496 e. The van der Waals surface area contributed by atoms with E-state index >= 15 is 0 Å². The first kappa shape index (κ1) is 20.7. The Morgan fingerprint density at radius 1 is 1.10 bits per heavy atom. The molecule has 0 aliphatic heterocycles. The van der Waals surface area contributed by atoms with Crippen LogP contribution in [0.1, 0.15) is 11.4 Å². The molecule has 2 aromatic carbocycles. The molecule has 8 nitrogen and oxygen atoms in total. The van der Waals surface area contributed by atoms with Crippen molar-refractivity contribution in [3.05, 3.63) is 66.0 Å². The van der Waals surface area contributed by atoms with Gasteiger partial charge in [0.05, 0.1) is 41.2 Å². The van der Waals surface area contributed by atoms with Crippen LogP contribution in [0.5, 0.6) is 5.75 Å². The number of thioether (sulfide) groups is 1. The van der Waals surface area contributed by atoms with Crippen LogP contribution < -0.4 is 10.1 Å². The number of carbonyl (C=O) groups is 1. The SMILES string of the molecule is COc1ccccc1-c1nnc(SCC(=O)Nc2c(C)nn(-c3ccccc3)c2C)o1. The number of methoxy groups -OCH3 is 1. The predicted octanol–water partition coefficient (Wildman–Crippen LogP) is 4.28. The van der Waals surface area contributed by atoms with Gasteiger partial charge in [-0.1, -0.05) is 42.1 Å². The zero-order valence-electron chi connectivity index (χ0n) is 17.3. The van der Waals surface area contributed by atoms with Gasteiger partial charge in [0.2, 0.25) is 5.91 Å². The molecule has 0 aliphatic rings. The monoisotopic (exact) mass is 435 g/mol. The fourth-order valence-electron chi connectivity index (χ4n) is 3.15. The van der Waals surface area contributed by atoms with Crippen molar-refractivity contribution in [1.82, 2.24) is 20.0 Å². The topological polar surface area (TPSA) is 95.1 Å². The van der Waals surface area contributed by atoms with Crippen molar-refractivity contribution in [2.75, 3.05) is 18.2 Å². The largest absolute Gasteiger partial charge is 0.496 e. The Morgan fingerprint density at radius 2 is 1.84 bits per heavy atom. The van der Waals surface area contributed by atoms with E-state index < -0.39 is 0 Å². The molecule has 31 heavy (non-hydrogen) atoms. The van der Waals surface area contributed by atoms with E-state index in [9.17, 15) is 4.79 Å². The standard InChI is InChI=1S/C22H21N5O3S/c1-14-20(15(2)27(26-14)16-9-5-4-6-10-16)23-19(28)13-31-22-25-24-21(30-22)17-11-7-8-12-18(17)29-3/h4-12H,13H2,1-3H3,(H,23,28). The van der Waals surface area contributed by atoms with Gasteiger partial charge in [0.1, 0.15) is 5.75 Å². The number of amides is 1. The Labute approximate surface area is 183 Å². The highest BCUT2D eigenvalue weighted by Gasteiger charge is 2.17. The third-order valence-electron chi connectivity index (χ3n) is 4.63. The summed E-state index contributed by atoms with van der Waals surface area (Å²) in [4.78, 5) is 12.5. The van der Waals surface area contributed by atoms with Crippen LogP contribution >= 0.6 is 11.8 Å². The van der Waals surface area contributed by atoms with E-state index in [0.717, 1.165) is 17.1 Å². The second-order valence-electron chi connectivity index (χ2n) is 6.70. The molecular formula is C22H21N5O3S. The number of ether oxygens (including phenoxy) is 1. The van der Waals surface area contributed by atoms with E-state index in [2.05, 4.69) is 20.6 Å². The first-order chi connectivity index (χ1) is 15.1. The summed E-state index contributed by atoms with van der Waals surface area (Å²) in [5.74, 6) is 0.932. The highest BCUT2D eigenvalue weighted by Crippen LogP contribution is 2.30. The minimum atomic E-state index is -0.180. The van der Waals surface area contributed by atoms with Gasteiger partial charge in [-0.2, -0.15) is 5.10 Å². The lowest BCUT2D eigenvalue weighted by Crippen LogP contribution is -2.15. The fraction of sp³-hybridized carbons (Fsp3) is 0.182. The van der Waals surface area contributed by atoms with Gasteiger partial charge in [0, 0.05) is 0 Å². The molecule has 0 saturated carbocycles. The van der Waals surface area contributed by atoms with Crippen molar-refractivity contribution in [3.63, 3.8) is 0 Å². The molecule has 0 aliphatic carbocycles. The summed E-state index contributed by atoms with van der Waals surface area (Å²) in [6.07, 6.45) is 0. The van der Waals surface area contributed by atoms with E-state index in [0.29, 0.717) is 28.1 Å². The molecule has 158 valence electrons. The Morgan fingerprint density at radius 3 is 2.61 bits per heavy atom. The van der Waals surface area contributed by atoms with Gasteiger partial charge in [-0.15, -0.1) is 10.2 Å². The third-order valence-corrected chi connectivity index (χ3v) is 5.45. The lowest BCUT2D eigenvalue weighted by molar-refractivity contribution is -0.113. The van der Waals surface area contributed by atoms with Crippen molar-refractivity contribution < 1.29 is 13.9 Å². The summed E-state index contributed by atoms with van der Waals surface area (Å²) in [6, 6.07) is 17.2. The van der Waals surface area contributed by atoms with Crippen molar-refractivity contribution in [2.24, 2.45) is 0 Å². The summed E-state index contributed by atoms with van der Waals surface area (Å²) in [6.45, 7) is 3.79. The molecule has 4 aromatic rings. The summed E-state index contributed by atoms with van der Waals surface area (Å²) in [7, 11) is 1.58. The minimum absolute atomic E-state index is 0.128. The van der Waals surface area contributed by atoms with Gasteiger partial charge < -0.3 is 14.5 Å². The smallest absolute Gasteiger partial charge is 0.277 e. The van der Waals surface area contributed by atoms with Crippen molar-refractivity contribution >= 4 is 23.4 Å². The van der Waals surface area contributed by atoms with Crippen LogP contribution in [0.25, 0.3) is 17.1 Å². The van der Waals surface area contributed by atoms with E-state index in [1.165, 1.54) is 11.8 Å². The number of aryl methyl sites for hydroxylation is 1. The number of anilines is 1. The van der Waals surface area contributed by atoms with Gasteiger partial charge >= 0.3 is 0 Å². The molecule has 0 fully saturated rings. The molecule has 0 spiro atoms. The lowest BCUT2D eigenvalue weighted by atomic mass is 10.2. The van der Waals surface area contributed by atoms with Gasteiger partial charge in [-0.3, -0.25) is 4.79 Å². The molecular weight excluding hydrogens is 414 g/mol. The maximum Gasteiger partial charge on any atom is 0.277 e. The molecule has 0 radical (unpaired) electrons. The van der Waals surface area contributed by atoms with Crippen molar-refractivity contribution in [2.45, 2.75) is 19.1 Å². The Balaban J connectivity index is 1.42. The highest BCUT2D eigenvalue weighted by atomic mass is 32.2. The van der Waals surface area contributed by atoms with Crippen LogP contribution in [0, 0.1) is 13.8 Å². The van der Waals surface area contributed by atoms with Gasteiger partial charge in [0.25, 0.3) is 11.1 Å². The van der Waals surface area contributed by atoms with Crippen LogP contribution in [0.15, 0.2) is 64.2 Å². The molecule has 0 saturated heterocycles. The molecule has 0 atom stereocenters. The molecule has 2 aromatic heterocycles. The molecule has 0 bridgehead atoms. The zero-order chi connectivity index (χ0) is 21.8. The molecule has 9 heteroatoms. The quantitative estimate of drug-likeness (QED) is 0.433. The van der Waals surface area contributed by atoms with E-state index in [4.69, 9.17) is 9.15 Å². The first-order valence-corrected chi connectivity index (χ1v) is 10.6. The zero-order valence-corrected chi connectivity index (χ0v) is 18.1. The number of hydrogen-bond donors (Lipinski definition) is 1. The normalized spacial score (nSPS) is 10.8. The Hall–Kier alpha value is -3.59.